The number of fused-ring (bicyclic) bond motifs is 1. The van der Waals surface area contributed by atoms with E-state index < -0.39 is 30.3 Å². The topological polar surface area (TPSA) is 131 Å². The first-order valence-electron chi connectivity index (χ1n) is 14.2. The SMILES string of the molecule is CCCN(CCC)c1ccc2cc(-c3ccc(/C(C)=C(\C#N)C(=O)NC[C@H]4OC[C@H](O)[C@@H](O)[C@@H]4O)n3C)ccc2c1. The maximum Gasteiger partial charge on any atom is 0.262 e. The number of anilines is 1. The molecule has 2 heterocycles. The second-order valence-electron chi connectivity index (χ2n) is 10.6. The van der Waals surface area contributed by atoms with Crippen LogP contribution in [0.1, 0.15) is 39.3 Å². The summed E-state index contributed by atoms with van der Waals surface area (Å²) in [6, 6.07) is 18.8. The number of aliphatic hydroxyl groups excluding tert-OH is 3. The van der Waals surface area contributed by atoms with Gasteiger partial charge in [-0.05, 0) is 72.0 Å². The van der Waals surface area contributed by atoms with Crippen molar-refractivity contribution >= 4 is 27.9 Å². The molecular weight excluding hydrogens is 520 g/mol. The van der Waals surface area contributed by atoms with Gasteiger partial charge in [0, 0.05) is 43.8 Å². The Labute approximate surface area is 241 Å². The number of carbonyl (C=O) groups excluding carboxylic acids is 1. The summed E-state index contributed by atoms with van der Waals surface area (Å²) in [6.07, 6.45) is -2.61. The van der Waals surface area contributed by atoms with Crippen LogP contribution in [-0.2, 0) is 16.6 Å². The highest BCUT2D eigenvalue weighted by Crippen LogP contribution is 2.31. The van der Waals surface area contributed by atoms with Crippen LogP contribution in [0, 0.1) is 11.3 Å². The largest absolute Gasteiger partial charge is 0.388 e. The standard InChI is InChI=1S/C32H40N4O5/c1-5-13-36(14-6-2)24-10-9-21-15-23(8-7-22(21)16-24)27-12-11-26(35(27)4)20(3)25(17-33)32(40)34-18-29-31(39)30(38)28(37)19-41-29/h7-12,15-16,28-31,37-39H,5-6,13-14,18-19H2,1-4H3,(H,34,40)/b25-20+/t28-,29+,30+,31+/m0/s1. The van der Waals surface area contributed by atoms with E-state index in [4.69, 9.17) is 4.74 Å². The smallest absolute Gasteiger partial charge is 0.262 e. The summed E-state index contributed by atoms with van der Waals surface area (Å²) in [6.45, 7) is 7.91. The van der Waals surface area contributed by atoms with E-state index in [-0.39, 0.29) is 18.7 Å². The van der Waals surface area contributed by atoms with Crippen LogP contribution in [0.5, 0.6) is 0 Å². The maximum absolute atomic E-state index is 12.9. The summed E-state index contributed by atoms with van der Waals surface area (Å²) in [5.74, 6) is -0.606. The van der Waals surface area contributed by atoms with Crippen molar-refractivity contribution in [2.75, 3.05) is 31.1 Å². The van der Waals surface area contributed by atoms with Crippen LogP contribution >= 0.6 is 0 Å². The number of benzene rings is 2. The molecule has 9 heteroatoms. The number of amides is 1. The van der Waals surface area contributed by atoms with E-state index in [1.54, 1.807) is 6.92 Å². The summed E-state index contributed by atoms with van der Waals surface area (Å²) < 4.78 is 7.31. The van der Waals surface area contributed by atoms with Crippen LogP contribution in [0.25, 0.3) is 27.6 Å². The van der Waals surface area contributed by atoms with Crippen LogP contribution < -0.4 is 10.2 Å². The zero-order valence-electron chi connectivity index (χ0n) is 24.2. The number of hydrogen-bond acceptors (Lipinski definition) is 7. The Bertz CT molecular complexity index is 1450. The van der Waals surface area contributed by atoms with Gasteiger partial charge >= 0.3 is 0 Å². The van der Waals surface area contributed by atoms with Crippen LogP contribution in [0.15, 0.2) is 54.1 Å². The number of hydrogen-bond donors (Lipinski definition) is 4. The Kier molecular flexibility index (Phi) is 9.84. The predicted octanol–water partition coefficient (Wildman–Crippen LogP) is 3.37. The zero-order valence-corrected chi connectivity index (χ0v) is 24.2. The molecule has 1 aliphatic rings. The molecule has 0 bridgehead atoms. The summed E-state index contributed by atoms with van der Waals surface area (Å²) in [7, 11) is 1.90. The number of rotatable bonds is 10. The molecule has 1 saturated heterocycles. The fraction of sp³-hybridized carbons (Fsp3) is 0.438. The molecule has 0 spiro atoms. The molecule has 2 aromatic carbocycles. The first-order valence-corrected chi connectivity index (χ1v) is 14.2. The first-order chi connectivity index (χ1) is 19.7. The van der Waals surface area contributed by atoms with Gasteiger partial charge < -0.3 is 34.8 Å². The number of ether oxygens (including phenoxy) is 1. The molecule has 0 unspecified atom stereocenters. The highest BCUT2D eigenvalue weighted by atomic mass is 16.5. The zero-order chi connectivity index (χ0) is 29.7. The number of nitrogens with zero attached hydrogens (tertiary/aromatic N) is 3. The number of nitrogens with one attached hydrogen (secondary N) is 1. The minimum Gasteiger partial charge on any atom is -0.388 e. The van der Waals surface area contributed by atoms with Gasteiger partial charge in [0.25, 0.3) is 5.91 Å². The lowest BCUT2D eigenvalue weighted by Crippen LogP contribution is -2.56. The second-order valence-corrected chi connectivity index (χ2v) is 10.6. The van der Waals surface area contributed by atoms with Crippen LogP contribution in [0.2, 0.25) is 0 Å². The van der Waals surface area contributed by atoms with Crippen LogP contribution in [0.4, 0.5) is 5.69 Å². The molecule has 0 radical (unpaired) electrons. The fourth-order valence-corrected chi connectivity index (χ4v) is 5.44. The number of carbonyl (C=O) groups is 1. The summed E-state index contributed by atoms with van der Waals surface area (Å²) in [5, 5.41) is 44.4. The van der Waals surface area contributed by atoms with Crippen LogP contribution in [-0.4, -0.2) is 76.5 Å². The van der Waals surface area contributed by atoms with Gasteiger partial charge in [-0.2, -0.15) is 5.26 Å². The van der Waals surface area contributed by atoms with E-state index in [0.717, 1.165) is 48.3 Å². The Morgan fingerprint density at radius 1 is 1.05 bits per heavy atom. The Hall–Kier alpha value is -3.68. The lowest BCUT2D eigenvalue weighted by atomic mass is 10.00. The third-order valence-electron chi connectivity index (χ3n) is 7.76. The first kappa shape index (κ1) is 30.3. The molecule has 1 aromatic heterocycles. The van der Waals surface area contributed by atoms with E-state index in [2.05, 4.69) is 60.5 Å². The van der Waals surface area contributed by atoms with Crippen LogP contribution in [0.3, 0.4) is 0 Å². The highest BCUT2D eigenvalue weighted by Gasteiger charge is 2.37. The number of aromatic nitrogens is 1. The van der Waals surface area contributed by atoms with Gasteiger partial charge in [0.15, 0.2) is 0 Å². The number of aliphatic hydroxyl groups is 3. The lowest BCUT2D eigenvalue weighted by molar-refractivity contribution is -0.185. The van der Waals surface area contributed by atoms with E-state index in [9.17, 15) is 25.4 Å². The van der Waals surface area contributed by atoms with Crippen molar-refractivity contribution in [2.45, 2.75) is 58.0 Å². The van der Waals surface area contributed by atoms with E-state index in [1.165, 1.54) is 11.1 Å². The Morgan fingerprint density at radius 2 is 1.73 bits per heavy atom. The van der Waals surface area contributed by atoms with E-state index >= 15 is 0 Å². The fourth-order valence-electron chi connectivity index (χ4n) is 5.44. The van der Waals surface area contributed by atoms with Crippen molar-refractivity contribution in [1.82, 2.24) is 9.88 Å². The molecule has 41 heavy (non-hydrogen) atoms. The predicted molar refractivity (Wildman–Crippen MR) is 160 cm³/mol. The van der Waals surface area contributed by atoms with Gasteiger partial charge in [-0.1, -0.05) is 32.0 Å². The summed E-state index contributed by atoms with van der Waals surface area (Å²) >= 11 is 0. The highest BCUT2D eigenvalue weighted by molar-refractivity contribution is 6.04. The van der Waals surface area contributed by atoms with Crippen molar-refractivity contribution in [3.8, 4) is 17.3 Å². The molecule has 218 valence electrons. The molecule has 9 nitrogen and oxygen atoms in total. The second kappa shape index (κ2) is 13.3. The van der Waals surface area contributed by atoms with Gasteiger partial charge in [0.2, 0.25) is 0 Å². The molecule has 1 aliphatic heterocycles. The van der Waals surface area contributed by atoms with Crippen molar-refractivity contribution < 1.29 is 24.9 Å². The third-order valence-corrected chi connectivity index (χ3v) is 7.76. The molecule has 0 aliphatic carbocycles. The van der Waals surface area contributed by atoms with Crippen molar-refractivity contribution in [3.05, 3.63) is 59.8 Å². The summed E-state index contributed by atoms with van der Waals surface area (Å²) in [4.78, 5) is 15.3. The monoisotopic (exact) mass is 560 g/mol. The minimum absolute atomic E-state index is 0.0570. The molecule has 1 amide bonds. The molecular formula is C32H40N4O5. The normalized spacial score (nSPS) is 21.3. The third kappa shape index (κ3) is 6.47. The van der Waals surface area contributed by atoms with Crippen molar-refractivity contribution in [1.29, 1.82) is 5.26 Å². The Morgan fingerprint density at radius 3 is 2.41 bits per heavy atom. The molecule has 4 rings (SSSR count). The average molecular weight is 561 g/mol. The van der Waals surface area contributed by atoms with Crippen molar-refractivity contribution in [3.63, 3.8) is 0 Å². The van der Waals surface area contributed by atoms with Gasteiger partial charge in [0.05, 0.1) is 6.61 Å². The quantitative estimate of drug-likeness (QED) is 0.221. The van der Waals surface area contributed by atoms with Crippen molar-refractivity contribution in [2.24, 2.45) is 7.05 Å². The molecule has 0 saturated carbocycles. The molecule has 4 N–H and O–H groups in total. The minimum atomic E-state index is -1.37. The van der Waals surface area contributed by atoms with Gasteiger partial charge in [-0.25, -0.2) is 0 Å². The lowest BCUT2D eigenvalue weighted by Gasteiger charge is -2.35. The average Bonchev–Trinajstić information content (AvgIpc) is 3.36. The maximum atomic E-state index is 12.9. The number of nitriles is 1. The molecule has 4 atom stereocenters. The molecule has 3 aromatic rings. The van der Waals surface area contributed by atoms with Gasteiger partial charge in [-0.3, -0.25) is 4.79 Å². The van der Waals surface area contributed by atoms with E-state index in [0.29, 0.717) is 5.57 Å². The van der Waals surface area contributed by atoms with E-state index in [1.807, 2.05) is 29.8 Å². The molecule has 1 fully saturated rings. The van der Waals surface area contributed by atoms with Gasteiger partial charge in [-0.15, -0.1) is 0 Å². The number of allylic oxidation sites excluding steroid dienone is 1. The van der Waals surface area contributed by atoms with Gasteiger partial charge in [0.1, 0.15) is 36.1 Å². The Balaban J connectivity index is 1.54. The summed E-state index contributed by atoms with van der Waals surface area (Å²) in [5.41, 5.74) is 4.39.